The molecule has 1 fully saturated rings. The van der Waals surface area contributed by atoms with Gasteiger partial charge in [0.25, 0.3) is 0 Å². The number of anilines is 1. The van der Waals surface area contributed by atoms with E-state index in [4.69, 9.17) is 5.73 Å². The first-order valence-corrected chi connectivity index (χ1v) is 9.45. The summed E-state index contributed by atoms with van der Waals surface area (Å²) in [6.45, 7) is 4.25. The van der Waals surface area contributed by atoms with Gasteiger partial charge in [-0.15, -0.1) is 0 Å². The Bertz CT molecular complexity index is 778. The maximum Gasteiger partial charge on any atom is 0.422 e. The number of nitrogens with two attached hydrogens (primary N) is 1. The highest BCUT2D eigenvalue weighted by Crippen LogP contribution is 2.34. The number of aliphatic imine (C=N–C) groups is 1. The first-order valence-electron chi connectivity index (χ1n) is 9.45. The molecule has 0 spiro atoms. The first kappa shape index (κ1) is 22.7. The number of nitrogen functional groups attached to an aromatic ring is 1. The summed E-state index contributed by atoms with van der Waals surface area (Å²) in [5.74, 6) is -2.47. The Balaban J connectivity index is 2.22. The van der Waals surface area contributed by atoms with E-state index in [1.807, 2.05) is 20.8 Å². The summed E-state index contributed by atoms with van der Waals surface area (Å²) in [5.41, 5.74) is 8.02. The number of ether oxygens (including phenoxy) is 1. The summed E-state index contributed by atoms with van der Waals surface area (Å²) < 4.78 is 41.0. The highest BCUT2D eigenvalue weighted by Gasteiger charge is 2.37. The quantitative estimate of drug-likeness (QED) is 0.354. The Labute approximate surface area is 167 Å². The number of likely N-dealkylation sites (tertiary alicyclic amines) is 1. The number of hydrogen-bond donors (Lipinski definition) is 1. The lowest BCUT2D eigenvalue weighted by molar-refractivity contribution is -0.190. The second kappa shape index (κ2) is 9.28. The van der Waals surface area contributed by atoms with Crippen molar-refractivity contribution in [3.8, 4) is 0 Å². The van der Waals surface area contributed by atoms with Gasteiger partial charge in [0, 0.05) is 30.1 Å². The summed E-state index contributed by atoms with van der Waals surface area (Å²) >= 11 is 0. The van der Waals surface area contributed by atoms with E-state index >= 15 is 0 Å². The fourth-order valence-corrected chi connectivity index (χ4v) is 3.20. The number of carbonyl (C=O) groups is 2. The third-order valence-electron chi connectivity index (χ3n) is 4.63. The van der Waals surface area contributed by atoms with Crippen molar-refractivity contribution in [2.75, 3.05) is 18.9 Å². The summed E-state index contributed by atoms with van der Waals surface area (Å²) in [7, 11) is 0. The Morgan fingerprint density at radius 2 is 2.03 bits per heavy atom. The Kier molecular flexibility index (Phi) is 7.26. The van der Waals surface area contributed by atoms with Crippen LogP contribution in [0.5, 0.6) is 0 Å². The van der Waals surface area contributed by atoms with Gasteiger partial charge in [-0.2, -0.15) is 13.2 Å². The monoisotopic (exact) mass is 413 g/mol. The molecular weight excluding hydrogens is 387 g/mol. The van der Waals surface area contributed by atoms with Crippen molar-refractivity contribution in [3.63, 3.8) is 0 Å². The summed E-state index contributed by atoms with van der Waals surface area (Å²) in [6.07, 6.45) is -1.64. The van der Waals surface area contributed by atoms with Gasteiger partial charge in [0.1, 0.15) is 0 Å². The van der Waals surface area contributed by atoms with Gasteiger partial charge in [-0.3, -0.25) is 9.79 Å². The lowest BCUT2D eigenvalue weighted by atomic mass is 9.89. The number of esters is 1. The molecule has 29 heavy (non-hydrogen) atoms. The van der Waals surface area contributed by atoms with E-state index in [1.165, 1.54) is 4.90 Å². The van der Waals surface area contributed by atoms with Crippen molar-refractivity contribution in [1.82, 2.24) is 4.90 Å². The predicted octanol–water partition coefficient (Wildman–Crippen LogP) is 3.50. The number of halogens is 3. The van der Waals surface area contributed by atoms with Crippen LogP contribution in [0.4, 0.5) is 18.9 Å². The highest BCUT2D eigenvalue weighted by atomic mass is 19.4. The van der Waals surface area contributed by atoms with Crippen molar-refractivity contribution in [2.45, 2.75) is 51.9 Å². The van der Waals surface area contributed by atoms with Crippen molar-refractivity contribution >= 4 is 23.8 Å². The zero-order chi connectivity index (χ0) is 21.8. The zero-order valence-electron chi connectivity index (χ0n) is 16.7. The average molecular weight is 413 g/mol. The summed E-state index contributed by atoms with van der Waals surface area (Å²) in [4.78, 5) is 30.0. The second-order valence-corrected chi connectivity index (χ2v) is 7.61. The number of hydrogen-bond acceptors (Lipinski definition) is 5. The third kappa shape index (κ3) is 6.47. The van der Waals surface area contributed by atoms with Gasteiger partial charge >= 0.3 is 18.1 Å². The molecule has 6 nitrogen and oxygen atoms in total. The van der Waals surface area contributed by atoms with E-state index in [0.717, 1.165) is 12.0 Å². The molecule has 0 aromatic heterocycles. The number of amides is 1. The van der Waals surface area contributed by atoms with E-state index in [9.17, 15) is 22.8 Å². The molecule has 1 aliphatic rings. The van der Waals surface area contributed by atoms with Gasteiger partial charge in [0.15, 0.2) is 6.61 Å². The largest absolute Gasteiger partial charge is 0.449 e. The normalized spacial score (nSPS) is 20.3. The fraction of sp³-hybridized carbons (Fsp3) is 0.550. The molecule has 9 heteroatoms. The minimum atomic E-state index is -4.69. The Morgan fingerprint density at radius 3 is 2.62 bits per heavy atom. The van der Waals surface area contributed by atoms with Gasteiger partial charge in [0.05, 0.1) is 6.04 Å². The minimum Gasteiger partial charge on any atom is -0.449 e. The Morgan fingerprint density at radius 1 is 1.34 bits per heavy atom. The van der Waals surface area contributed by atoms with E-state index in [2.05, 4.69) is 9.73 Å². The molecule has 1 aromatic carbocycles. The molecule has 1 heterocycles. The van der Waals surface area contributed by atoms with Crippen LogP contribution in [0.3, 0.4) is 0 Å². The second-order valence-electron chi connectivity index (χ2n) is 7.61. The molecule has 2 N–H and O–H groups in total. The minimum absolute atomic E-state index is 0.111. The molecule has 2 rings (SSSR count). The first-order chi connectivity index (χ1) is 13.5. The fourth-order valence-electron chi connectivity index (χ4n) is 3.20. The molecule has 1 aliphatic heterocycles. The van der Waals surface area contributed by atoms with Crippen molar-refractivity contribution in [2.24, 2.45) is 10.9 Å². The number of piperidine rings is 1. The Hall–Kier alpha value is -2.58. The molecule has 1 saturated heterocycles. The third-order valence-corrected chi connectivity index (χ3v) is 4.63. The number of rotatable bonds is 4. The van der Waals surface area contributed by atoms with Gasteiger partial charge in [-0.05, 0) is 44.2 Å². The van der Waals surface area contributed by atoms with Crippen LogP contribution in [0.2, 0.25) is 0 Å². The molecule has 0 aliphatic carbocycles. The lowest BCUT2D eigenvalue weighted by Crippen LogP contribution is -2.45. The molecule has 2 atom stereocenters. The SMILES string of the molecule is CC(C)N=Cc1ccc([C@@H]2CC[C@@H](C)CN2C(=O)C(=O)OCC(F)(F)F)cc1N. The van der Waals surface area contributed by atoms with Crippen LogP contribution in [0.25, 0.3) is 0 Å². The van der Waals surface area contributed by atoms with Crippen LogP contribution in [-0.4, -0.2) is 48.4 Å². The number of carbonyl (C=O) groups excluding carboxylic acids is 2. The maximum atomic E-state index is 12.5. The van der Waals surface area contributed by atoms with Crippen molar-refractivity contribution in [1.29, 1.82) is 0 Å². The van der Waals surface area contributed by atoms with E-state index in [0.29, 0.717) is 17.7 Å². The predicted molar refractivity (Wildman–Crippen MR) is 103 cm³/mol. The van der Waals surface area contributed by atoms with E-state index in [1.54, 1.807) is 24.4 Å². The maximum absolute atomic E-state index is 12.5. The summed E-state index contributed by atoms with van der Waals surface area (Å²) in [5, 5.41) is 0. The standard InChI is InChI=1S/C20H26F3N3O3/c1-12(2)25-9-15-6-5-14(8-16(15)24)17-7-4-13(3)10-26(17)18(27)19(28)29-11-20(21,22)23/h5-6,8-9,12-13,17H,4,7,10-11,24H2,1-3H3/t13-,17+/m1/s1. The van der Waals surface area contributed by atoms with E-state index in [-0.39, 0.29) is 18.5 Å². The molecule has 1 aromatic rings. The number of alkyl halides is 3. The van der Waals surface area contributed by atoms with Crippen LogP contribution in [-0.2, 0) is 14.3 Å². The van der Waals surface area contributed by atoms with Crippen molar-refractivity contribution < 1.29 is 27.5 Å². The summed E-state index contributed by atoms with van der Waals surface area (Å²) in [6, 6.07) is 4.93. The van der Waals surface area contributed by atoms with Crippen LogP contribution in [0.1, 0.15) is 50.8 Å². The molecular formula is C20H26F3N3O3. The topological polar surface area (TPSA) is 85.0 Å². The smallest absolute Gasteiger partial charge is 0.422 e. The van der Waals surface area contributed by atoms with Gasteiger partial charge in [-0.25, -0.2) is 4.79 Å². The van der Waals surface area contributed by atoms with Gasteiger partial charge in [0.2, 0.25) is 0 Å². The van der Waals surface area contributed by atoms with Crippen LogP contribution >= 0.6 is 0 Å². The van der Waals surface area contributed by atoms with Crippen LogP contribution in [0, 0.1) is 5.92 Å². The van der Waals surface area contributed by atoms with Crippen LogP contribution < -0.4 is 5.73 Å². The molecule has 0 radical (unpaired) electrons. The van der Waals surface area contributed by atoms with E-state index < -0.39 is 30.7 Å². The van der Waals surface area contributed by atoms with Gasteiger partial charge in [-0.1, -0.05) is 19.1 Å². The lowest BCUT2D eigenvalue weighted by Gasteiger charge is -2.38. The average Bonchev–Trinajstić information content (AvgIpc) is 2.63. The van der Waals surface area contributed by atoms with Crippen molar-refractivity contribution in [3.05, 3.63) is 29.3 Å². The zero-order valence-corrected chi connectivity index (χ0v) is 16.7. The highest BCUT2D eigenvalue weighted by molar-refractivity contribution is 6.32. The molecule has 0 unspecified atom stereocenters. The molecule has 1 amide bonds. The molecule has 160 valence electrons. The van der Waals surface area contributed by atoms with Crippen LogP contribution in [0.15, 0.2) is 23.2 Å². The molecule has 0 saturated carbocycles. The van der Waals surface area contributed by atoms with Gasteiger partial charge < -0.3 is 15.4 Å². The molecule has 0 bridgehead atoms. The number of nitrogens with zero attached hydrogens (tertiary/aromatic N) is 2. The number of benzene rings is 1.